The minimum atomic E-state index is -4.33. The van der Waals surface area contributed by atoms with Gasteiger partial charge in [0, 0.05) is 4.91 Å². The Hall–Kier alpha value is -0.580. The van der Waals surface area contributed by atoms with Crippen molar-refractivity contribution in [3.8, 4) is 0 Å². The van der Waals surface area contributed by atoms with Crippen molar-refractivity contribution in [3.05, 3.63) is 23.3 Å². The monoisotopic (exact) mass is 195 g/mol. The lowest BCUT2D eigenvalue weighted by Crippen LogP contribution is -2.53. The first-order valence-electron chi connectivity index (χ1n) is 3.28. The lowest BCUT2D eigenvalue weighted by molar-refractivity contribution is -0.174. The van der Waals surface area contributed by atoms with Gasteiger partial charge in [0.15, 0.2) is 5.54 Å². The van der Waals surface area contributed by atoms with E-state index in [1.165, 1.54) is 18.4 Å². The number of halogens is 3. The highest BCUT2D eigenvalue weighted by molar-refractivity contribution is 7.84. The Morgan fingerprint density at radius 2 is 2.08 bits per heavy atom. The molecule has 0 aromatic carbocycles. The molecule has 0 spiro atoms. The van der Waals surface area contributed by atoms with Crippen LogP contribution in [0, 0.1) is 0 Å². The van der Waals surface area contributed by atoms with Crippen LogP contribution in [0.2, 0.25) is 0 Å². The third-order valence-electron chi connectivity index (χ3n) is 1.80. The molecule has 0 aromatic rings. The third-order valence-corrected chi connectivity index (χ3v) is 2.40. The molecule has 0 fully saturated rings. The quantitative estimate of drug-likeness (QED) is 0.565. The zero-order chi connectivity index (χ0) is 9.41. The van der Waals surface area contributed by atoms with Crippen molar-refractivity contribution < 1.29 is 13.2 Å². The first-order valence-corrected chi connectivity index (χ1v) is 3.73. The Labute approximate surface area is 73.7 Å². The summed E-state index contributed by atoms with van der Waals surface area (Å²) >= 11 is 3.76. The van der Waals surface area contributed by atoms with Crippen molar-refractivity contribution in [1.29, 1.82) is 0 Å². The van der Waals surface area contributed by atoms with Gasteiger partial charge in [-0.05, 0) is 25.3 Å². The summed E-state index contributed by atoms with van der Waals surface area (Å²) in [5, 5.41) is 2.23. The van der Waals surface area contributed by atoms with E-state index in [4.69, 9.17) is 0 Å². The first kappa shape index (κ1) is 9.51. The van der Waals surface area contributed by atoms with E-state index in [2.05, 4.69) is 17.9 Å². The van der Waals surface area contributed by atoms with Crippen LogP contribution >= 0.6 is 12.6 Å². The Balaban J connectivity index is 3.01. The van der Waals surface area contributed by atoms with E-state index < -0.39 is 11.7 Å². The van der Waals surface area contributed by atoms with E-state index in [9.17, 15) is 13.2 Å². The summed E-state index contributed by atoms with van der Waals surface area (Å²) in [5.41, 5.74) is -2.04. The molecule has 1 unspecified atom stereocenters. The van der Waals surface area contributed by atoms with Gasteiger partial charge in [-0.25, -0.2) is 0 Å². The maximum Gasteiger partial charge on any atom is 0.415 e. The van der Waals surface area contributed by atoms with Crippen molar-refractivity contribution in [3.63, 3.8) is 0 Å². The number of nitrogens with one attached hydrogen (secondary N) is 1. The lowest BCUT2D eigenvalue weighted by Gasteiger charge is -2.34. The second-order valence-electron chi connectivity index (χ2n) is 2.68. The molecule has 0 saturated carbocycles. The second kappa shape index (κ2) is 2.73. The number of rotatable bonds is 0. The van der Waals surface area contributed by atoms with Crippen LogP contribution in [0.5, 0.6) is 0 Å². The lowest BCUT2D eigenvalue weighted by atomic mass is 9.99. The number of hydrogen-bond donors (Lipinski definition) is 2. The van der Waals surface area contributed by atoms with Crippen LogP contribution in [0.3, 0.4) is 0 Å². The van der Waals surface area contributed by atoms with Crippen LogP contribution in [0.4, 0.5) is 13.2 Å². The molecule has 1 nitrogen and oxygen atoms in total. The van der Waals surface area contributed by atoms with Gasteiger partial charge in [0.1, 0.15) is 0 Å². The summed E-state index contributed by atoms with van der Waals surface area (Å²) in [6.07, 6.45) is -0.262. The van der Waals surface area contributed by atoms with Crippen LogP contribution in [0.25, 0.3) is 0 Å². The average Bonchev–Trinajstić information content (AvgIpc) is 1.93. The molecule has 1 aliphatic rings. The van der Waals surface area contributed by atoms with Gasteiger partial charge < -0.3 is 5.32 Å². The van der Waals surface area contributed by atoms with E-state index in [1.807, 2.05) is 0 Å². The standard InChI is InChI=1S/C7H8F3NS/c1-6(7(8,9)10)5(12)3-2-4-11-6/h2-4,11-12H,1H3. The van der Waals surface area contributed by atoms with Gasteiger partial charge >= 0.3 is 6.18 Å². The summed E-state index contributed by atoms with van der Waals surface area (Å²) in [6.45, 7) is 1.05. The summed E-state index contributed by atoms with van der Waals surface area (Å²) in [5.74, 6) is 0. The summed E-state index contributed by atoms with van der Waals surface area (Å²) in [4.78, 5) is -0.0301. The van der Waals surface area contributed by atoms with Crippen LogP contribution < -0.4 is 5.32 Å². The van der Waals surface area contributed by atoms with E-state index >= 15 is 0 Å². The van der Waals surface area contributed by atoms with Gasteiger partial charge in [0.25, 0.3) is 0 Å². The van der Waals surface area contributed by atoms with Crippen molar-refractivity contribution >= 4 is 12.6 Å². The molecule has 0 saturated heterocycles. The number of alkyl halides is 3. The van der Waals surface area contributed by atoms with Crippen LogP contribution in [0.1, 0.15) is 6.92 Å². The highest BCUT2D eigenvalue weighted by atomic mass is 32.1. The number of dihydropyridines is 1. The van der Waals surface area contributed by atoms with E-state index in [1.54, 1.807) is 0 Å². The zero-order valence-corrected chi connectivity index (χ0v) is 7.21. The average molecular weight is 195 g/mol. The normalized spacial score (nSPS) is 29.6. The van der Waals surface area contributed by atoms with Crippen molar-refractivity contribution in [1.82, 2.24) is 5.32 Å². The predicted molar refractivity (Wildman–Crippen MR) is 43.8 cm³/mol. The molecular weight excluding hydrogens is 187 g/mol. The Morgan fingerprint density at radius 3 is 2.42 bits per heavy atom. The van der Waals surface area contributed by atoms with Gasteiger partial charge in [-0.2, -0.15) is 13.2 Å². The fourth-order valence-corrected chi connectivity index (χ4v) is 1.10. The molecule has 68 valence electrons. The summed E-state index contributed by atoms with van der Waals surface area (Å²) in [6, 6.07) is 0. The largest absolute Gasteiger partial charge is 0.415 e. The molecule has 0 aliphatic carbocycles. The Morgan fingerprint density at radius 1 is 1.50 bits per heavy atom. The number of allylic oxidation sites excluding steroid dienone is 2. The predicted octanol–water partition coefficient (Wildman–Crippen LogP) is 2.24. The number of hydrogen-bond acceptors (Lipinski definition) is 2. The number of thiol groups is 1. The molecular formula is C7H8F3NS. The van der Waals surface area contributed by atoms with Crippen LogP contribution in [0.15, 0.2) is 23.3 Å². The molecule has 0 amide bonds. The molecule has 1 heterocycles. The second-order valence-corrected chi connectivity index (χ2v) is 3.16. The molecule has 1 aliphatic heterocycles. The van der Waals surface area contributed by atoms with Gasteiger partial charge in [0.05, 0.1) is 0 Å². The van der Waals surface area contributed by atoms with Crippen molar-refractivity contribution in [2.24, 2.45) is 0 Å². The smallest absolute Gasteiger partial charge is 0.374 e. The maximum atomic E-state index is 12.4. The topological polar surface area (TPSA) is 12.0 Å². The molecule has 1 rings (SSSR count). The molecule has 0 aromatic heterocycles. The molecule has 12 heavy (non-hydrogen) atoms. The molecule has 0 bridgehead atoms. The first-order chi connectivity index (χ1) is 5.38. The highest BCUT2D eigenvalue weighted by Gasteiger charge is 2.52. The van der Waals surface area contributed by atoms with Crippen molar-refractivity contribution in [2.45, 2.75) is 18.6 Å². The van der Waals surface area contributed by atoms with Gasteiger partial charge in [-0.15, -0.1) is 12.6 Å². The van der Waals surface area contributed by atoms with E-state index in [0.29, 0.717) is 0 Å². The zero-order valence-electron chi connectivity index (χ0n) is 6.31. The summed E-state index contributed by atoms with van der Waals surface area (Å²) in [7, 11) is 0. The fraction of sp³-hybridized carbons (Fsp3) is 0.429. The molecule has 1 N–H and O–H groups in total. The van der Waals surface area contributed by atoms with Crippen LogP contribution in [-0.4, -0.2) is 11.7 Å². The summed E-state index contributed by atoms with van der Waals surface area (Å²) < 4.78 is 37.2. The van der Waals surface area contributed by atoms with Gasteiger partial charge in [-0.1, -0.05) is 0 Å². The molecule has 5 heteroatoms. The van der Waals surface area contributed by atoms with E-state index in [0.717, 1.165) is 6.92 Å². The molecule has 1 atom stereocenters. The molecule has 0 radical (unpaired) electrons. The van der Waals surface area contributed by atoms with Crippen LogP contribution in [-0.2, 0) is 0 Å². The highest BCUT2D eigenvalue weighted by Crippen LogP contribution is 2.38. The minimum Gasteiger partial charge on any atom is -0.374 e. The Kier molecular flexibility index (Phi) is 2.16. The van der Waals surface area contributed by atoms with Gasteiger partial charge in [0.2, 0.25) is 0 Å². The minimum absolute atomic E-state index is 0.0301. The SMILES string of the molecule is CC1(C(F)(F)F)NC=CC=C1S. The van der Waals surface area contributed by atoms with Gasteiger partial charge in [-0.3, -0.25) is 0 Å². The Bertz CT molecular complexity index is 244. The van der Waals surface area contributed by atoms with Crippen molar-refractivity contribution in [2.75, 3.05) is 0 Å². The maximum absolute atomic E-state index is 12.4. The fourth-order valence-electron chi connectivity index (χ4n) is 0.822. The third kappa shape index (κ3) is 1.33. The van der Waals surface area contributed by atoms with E-state index in [-0.39, 0.29) is 4.91 Å².